The van der Waals surface area contributed by atoms with Crippen molar-refractivity contribution in [2.24, 2.45) is 0 Å². The number of nitrogens with zero attached hydrogens (tertiary/aromatic N) is 4. The molecule has 0 atom stereocenters. The van der Waals surface area contributed by atoms with Crippen LogP contribution in [0.1, 0.15) is 16.2 Å². The Morgan fingerprint density at radius 1 is 1.17 bits per heavy atom. The van der Waals surface area contributed by atoms with Gasteiger partial charge in [-0.2, -0.15) is 23.0 Å². The minimum atomic E-state index is -5.69. The summed E-state index contributed by atoms with van der Waals surface area (Å²) in [6.45, 7) is -0.244. The highest BCUT2D eigenvalue weighted by atomic mass is 35.5. The molecule has 0 saturated heterocycles. The average molecular weight is 464 g/mol. The van der Waals surface area contributed by atoms with Crippen LogP contribution in [0.5, 0.6) is 0 Å². The second-order valence-corrected chi connectivity index (χ2v) is 8.11. The molecule has 0 radical (unpaired) electrons. The Kier molecular flexibility index (Phi) is 5.76. The van der Waals surface area contributed by atoms with Crippen LogP contribution in [0.25, 0.3) is 5.82 Å². The summed E-state index contributed by atoms with van der Waals surface area (Å²) in [6.07, 6.45) is 2.11. The van der Waals surface area contributed by atoms with Gasteiger partial charge in [0.1, 0.15) is 12.1 Å². The zero-order valence-electron chi connectivity index (χ0n) is 14.6. The van der Waals surface area contributed by atoms with Crippen molar-refractivity contribution in [3.63, 3.8) is 0 Å². The molecular weight excluding hydrogens is 454 g/mol. The summed E-state index contributed by atoms with van der Waals surface area (Å²) >= 11 is 5.69. The number of amides is 1. The van der Waals surface area contributed by atoms with Gasteiger partial charge in [-0.05, 0) is 30.3 Å². The molecule has 0 fully saturated rings. The number of nitrogens with one attached hydrogen (secondary N) is 1. The summed E-state index contributed by atoms with van der Waals surface area (Å²) in [5.41, 5.74) is -5.96. The predicted octanol–water partition coefficient (Wildman–Crippen LogP) is 2.68. The van der Waals surface area contributed by atoms with Crippen molar-refractivity contribution < 1.29 is 30.8 Å². The lowest BCUT2D eigenvalue weighted by Crippen LogP contribution is -2.26. The molecule has 0 aliphatic carbocycles. The molecule has 0 aliphatic heterocycles. The van der Waals surface area contributed by atoms with Crippen LogP contribution < -0.4 is 5.32 Å². The monoisotopic (exact) mass is 463 g/mol. The van der Waals surface area contributed by atoms with Crippen molar-refractivity contribution in [2.45, 2.75) is 16.9 Å². The van der Waals surface area contributed by atoms with E-state index >= 15 is 0 Å². The molecule has 0 saturated carbocycles. The SMILES string of the molecule is O=C(NCc1ncnn1-c1ccc(F)cn1)c1cc(Cl)cc(S(=O)(=O)C(F)(F)F)c1. The highest BCUT2D eigenvalue weighted by molar-refractivity contribution is 7.92. The first-order valence-corrected chi connectivity index (χ1v) is 9.76. The van der Waals surface area contributed by atoms with E-state index < -0.39 is 37.5 Å². The van der Waals surface area contributed by atoms with E-state index in [1.54, 1.807) is 0 Å². The van der Waals surface area contributed by atoms with E-state index in [0.29, 0.717) is 12.1 Å². The summed E-state index contributed by atoms with van der Waals surface area (Å²) in [4.78, 5) is 18.9. The minimum absolute atomic E-state index is 0.174. The van der Waals surface area contributed by atoms with Gasteiger partial charge in [-0.25, -0.2) is 22.8 Å². The minimum Gasteiger partial charge on any atom is -0.345 e. The summed E-state index contributed by atoms with van der Waals surface area (Å²) in [5, 5.41) is 5.90. The number of hydrogen-bond acceptors (Lipinski definition) is 6. The summed E-state index contributed by atoms with van der Waals surface area (Å²) in [5.74, 6) is -1.09. The van der Waals surface area contributed by atoms with Crippen LogP contribution in [0.3, 0.4) is 0 Å². The third kappa shape index (κ3) is 4.41. The molecule has 2 aromatic heterocycles. The molecular formula is C16H10ClF4N5O3S. The molecule has 158 valence electrons. The first kappa shape index (κ1) is 21.6. The normalized spacial score (nSPS) is 12.0. The van der Waals surface area contributed by atoms with Gasteiger partial charge in [0.25, 0.3) is 15.7 Å². The van der Waals surface area contributed by atoms with Crippen molar-refractivity contribution in [3.8, 4) is 5.82 Å². The highest BCUT2D eigenvalue weighted by Crippen LogP contribution is 2.32. The second-order valence-electron chi connectivity index (χ2n) is 5.73. The number of carbonyl (C=O) groups excluding carboxylic acids is 1. The molecule has 1 aromatic carbocycles. The Morgan fingerprint density at radius 2 is 1.90 bits per heavy atom. The number of alkyl halides is 3. The molecule has 0 spiro atoms. The number of aromatic nitrogens is 4. The zero-order valence-corrected chi connectivity index (χ0v) is 16.1. The number of sulfone groups is 1. The topological polar surface area (TPSA) is 107 Å². The molecule has 0 aliphatic rings. The van der Waals surface area contributed by atoms with Gasteiger partial charge >= 0.3 is 5.51 Å². The third-order valence-electron chi connectivity index (χ3n) is 3.70. The number of rotatable bonds is 5. The van der Waals surface area contributed by atoms with E-state index in [1.165, 1.54) is 10.7 Å². The van der Waals surface area contributed by atoms with E-state index in [2.05, 4.69) is 20.4 Å². The molecule has 0 bridgehead atoms. The highest BCUT2D eigenvalue weighted by Gasteiger charge is 2.47. The van der Waals surface area contributed by atoms with Crippen molar-refractivity contribution in [1.82, 2.24) is 25.1 Å². The van der Waals surface area contributed by atoms with Gasteiger partial charge < -0.3 is 5.32 Å². The number of hydrogen-bond donors (Lipinski definition) is 1. The molecule has 8 nitrogen and oxygen atoms in total. The third-order valence-corrected chi connectivity index (χ3v) is 5.39. The Morgan fingerprint density at radius 3 is 2.53 bits per heavy atom. The van der Waals surface area contributed by atoms with Crippen LogP contribution in [-0.4, -0.2) is 39.6 Å². The largest absolute Gasteiger partial charge is 0.501 e. The lowest BCUT2D eigenvalue weighted by molar-refractivity contribution is -0.0436. The smallest absolute Gasteiger partial charge is 0.345 e. The van der Waals surface area contributed by atoms with Gasteiger partial charge in [-0.3, -0.25) is 4.79 Å². The number of benzene rings is 1. The van der Waals surface area contributed by atoms with Crippen molar-refractivity contribution >= 4 is 27.3 Å². The average Bonchev–Trinajstić information content (AvgIpc) is 3.14. The lowest BCUT2D eigenvalue weighted by atomic mass is 10.2. The Hall–Kier alpha value is -3.06. The van der Waals surface area contributed by atoms with Crippen LogP contribution in [0.2, 0.25) is 5.02 Å². The van der Waals surface area contributed by atoms with Gasteiger partial charge in [0.05, 0.1) is 17.6 Å². The van der Waals surface area contributed by atoms with E-state index in [4.69, 9.17) is 11.6 Å². The van der Waals surface area contributed by atoms with E-state index in [9.17, 15) is 30.8 Å². The van der Waals surface area contributed by atoms with E-state index in [-0.39, 0.29) is 23.2 Å². The van der Waals surface area contributed by atoms with Gasteiger partial charge in [0.15, 0.2) is 11.6 Å². The van der Waals surface area contributed by atoms with E-state index in [1.807, 2.05) is 0 Å². The maximum absolute atomic E-state index is 13.0. The Balaban J connectivity index is 1.82. The quantitative estimate of drug-likeness (QED) is 0.583. The maximum Gasteiger partial charge on any atom is 0.501 e. The van der Waals surface area contributed by atoms with E-state index in [0.717, 1.165) is 24.7 Å². The van der Waals surface area contributed by atoms with Gasteiger partial charge in [0, 0.05) is 10.6 Å². The molecule has 3 rings (SSSR count). The van der Waals surface area contributed by atoms with Gasteiger partial charge in [-0.15, -0.1) is 0 Å². The zero-order chi connectivity index (χ0) is 22.1. The Bertz CT molecular complexity index is 1200. The Labute approximate surface area is 171 Å². The fourth-order valence-electron chi connectivity index (χ4n) is 2.31. The number of halogens is 5. The molecule has 3 aromatic rings. The number of carbonyl (C=O) groups is 1. The van der Waals surface area contributed by atoms with Crippen LogP contribution in [0, 0.1) is 5.82 Å². The van der Waals surface area contributed by atoms with Gasteiger partial charge in [0.2, 0.25) is 0 Å². The van der Waals surface area contributed by atoms with Crippen molar-refractivity contribution in [2.75, 3.05) is 0 Å². The van der Waals surface area contributed by atoms with Crippen LogP contribution in [0.15, 0.2) is 47.8 Å². The predicted molar refractivity (Wildman–Crippen MR) is 95.0 cm³/mol. The van der Waals surface area contributed by atoms with Crippen molar-refractivity contribution in [3.05, 3.63) is 65.1 Å². The molecule has 1 amide bonds. The maximum atomic E-state index is 13.0. The van der Waals surface area contributed by atoms with Crippen LogP contribution >= 0.6 is 11.6 Å². The molecule has 30 heavy (non-hydrogen) atoms. The molecule has 1 N–H and O–H groups in total. The molecule has 14 heteroatoms. The fourth-order valence-corrected chi connectivity index (χ4v) is 3.45. The lowest BCUT2D eigenvalue weighted by Gasteiger charge is -2.11. The first-order valence-electron chi connectivity index (χ1n) is 7.90. The summed E-state index contributed by atoms with van der Waals surface area (Å²) in [7, 11) is -5.69. The molecule has 0 unspecified atom stereocenters. The second kappa shape index (κ2) is 7.99. The number of pyridine rings is 1. The van der Waals surface area contributed by atoms with Crippen LogP contribution in [-0.2, 0) is 16.4 Å². The van der Waals surface area contributed by atoms with Crippen molar-refractivity contribution in [1.29, 1.82) is 0 Å². The molecule has 2 heterocycles. The standard InChI is InChI=1S/C16H10ClF4N5O3S/c17-10-3-9(4-12(5-10)30(28,29)16(19,20)21)15(27)23-7-14-24-8-25-26(14)13-2-1-11(18)6-22-13/h1-6,8H,7H2,(H,23,27). The van der Waals surface area contributed by atoms with Gasteiger partial charge in [-0.1, -0.05) is 11.6 Å². The summed E-state index contributed by atoms with van der Waals surface area (Å²) < 4.78 is 75.7. The fraction of sp³-hybridized carbons (Fsp3) is 0.125. The van der Waals surface area contributed by atoms with Crippen LogP contribution in [0.4, 0.5) is 17.6 Å². The first-order chi connectivity index (χ1) is 14.0. The summed E-state index contributed by atoms with van der Waals surface area (Å²) in [6, 6.07) is 4.63.